The van der Waals surface area contributed by atoms with Crippen molar-refractivity contribution >= 4 is 5.78 Å². The first kappa shape index (κ1) is 28.5. The summed E-state index contributed by atoms with van der Waals surface area (Å²) in [5.41, 5.74) is 10.7. The molecule has 6 aromatic carbocycles. The predicted molar refractivity (Wildman–Crippen MR) is 189 cm³/mol. The summed E-state index contributed by atoms with van der Waals surface area (Å²) in [5, 5.41) is 0. The molecule has 0 atom stereocenters. The van der Waals surface area contributed by atoms with E-state index in [0.29, 0.717) is 17.5 Å². The largest absolute Gasteiger partial charge is 0.289 e. The summed E-state index contributed by atoms with van der Waals surface area (Å²) >= 11 is 0. The maximum Gasteiger partial charge on any atom is 0.193 e. The van der Waals surface area contributed by atoms with Crippen molar-refractivity contribution in [2.75, 3.05) is 0 Å². The fourth-order valence-electron chi connectivity index (χ4n) is 6.56. The van der Waals surface area contributed by atoms with Gasteiger partial charge >= 0.3 is 0 Å². The topological polar surface area (TPSA) is 55.7 Å². The normalized spacial score (nSPS) is 13.1. The number of fused-ring (bicyclic) bond motifs is 2. The van der Waals surface area contributed by atoms with E-state index in [4.69, 9.17) is 15.0 Å². The molecule has 0 fully saturated rings. The van der Waals surface area contributed by atoms with Crippen molar-refractivity contribution < 1.29 is 4.79 Å². The third-order valence-corrected chi connectivity index (χ3v) is 9.18. The Morgan fingerprint density at radius 2 is 0.766 bits per heavy atom. The highest BCUT2D eigenvalue weighted by Gasteiger charge is 2.36. The number of aromatic nitrogens is 3. The lowest BCUT2D eigenvalue weighted by atomic mass is 9.68. The van der Waals surface area contributed by atoms with Crippen LogP contribution in [0.1, 0.15) is 40.9 Å². The SMILES string of the molecule is CC1(C)c2ccccc2C(=O)c2ccc(-c3ccc(-c4ccc(-c5nc(-c6ccccc6)nc(-c6ccccc6)n5)cc4)cc3)cc21. The van der Waals surface area contributed by atoms with E-state index >= 15 is 0 Å². The Hall–Kier alpha value is -6.00. The van der Waals surface area contributed by atoms with Gasteiger partial charge in [-0.05, 0) is 39.4 Å². The van der Waals surface area contributed by atoms with E-state index in [1.807, 2.05) is 84.9 Å². The molecule has 0 spiro atoms. The molecular formula is C43H31N3O. The molecule has 0 radical (unpaired) electrons. The van der Waals surface area contributed by atoms with Gasteiger partial charge in [0.15, 0.2) is 23.3 Å². The van der Waals surface area contributed by atoms with Crippen LogP contribution in [0, 0.1) is 0 Å². The lowest BCUT2D eigenvalue weighted by molar-refractivity contribution is 0.103. The molecule has 0 unspecified atom stereocenters. The van der Waals surface area contributed by atoms with Gasteiger partial charge in [-0.15, -0.1) is 0 Å². The van der Waals surface area contributed by atoms with Crippen LogP contribution in [0.2, 0.25) is 0 Å². The van der Waals surface area contributed by atoms with Gasteiger partial charge in [-0.25, -0.2) is 15.0 Å². The van der Waals surface area contributed by atoms with Crippen LogP contribution in [0.3, 0.4) is 0 Å². The van der Waals surface area contributed by atoms with Gasteiger partial charge in [0.05, 0.1) is 0 Å². The van der Waals surface area contributed by atoms with E-state index in [1.165, 1.54) is 0 Å². The minimum Gasteiger partial charge on any atom is -0.289 e. The minimum atomic E-state index is -0.264. The summed E-state index contributed by atoms with van der Waals surface area (Å²) in [6.45, 7) is 4.41. The molecule has 0 bridgehead atoms. The molecule has 224 valence electrons. The van der Waals surface area contributed by atoms with Gasteiger partial charge in [-0.2, -0.15) is 0 Å². The Morgan fingerprint density at radius 1 is 0.383 bits per heavy atom. The van der Waals surface area contributed by atoms with Crippen LogP contribution in [0.4, 0.5) is 0 Å². The second-order valence-electron chi connectivity index (χ2n) is 12.5. The summed E-state index contributed by atoms with van der Waals surface area (Å²) < 4.78 is 0. The number of carbonyl (C=O) groups excluding carboxylic acids is 1. The third-order valence-electron chi connectivity index (χ3n) is 9.18. The lowest BCUT2D eigenvalue weighted by Gasteiger charge is -2.34. The van der Waals surface area contributed by atoms with Gasteiger partial charge in [-0.1, -0.05) is 159 Å². The monoisotopic (exact) mass is 605 g/mol. The van der Waals surface area contributed by atoms with E-state index < -0.39 is 0 Å². The number of nitrogens with zero attached hydrogens (tertiary/aromatic N) is 3. The first-order valence-electron chi connectivity index (χ1n) is 15.8. The Bertz CT molecular complexity index is 2200. The van der Waals surface area contributed by atoms with Crippen molar-refractivity contribution in [1.82, 2.24) is 15.0 Å². The van der Waals surface area contributed by atoms with Crippen molar-refractivity contribution in [3.63, 3.8) is 0 Å². The van der Waals surface area contributed by atoms with Crippen molar-refractivity contribution in [2.45, 2.75) is 19.3 Å². The van der Waals surface area contributed by atoms with Crippen LogP contribution in [-0.4, -0.2) is 20.7 Å². The summed E-state index contributed by atoms with van der Waals surface area (Å²) in [7, 11) is 0. The second-order valence-corrected chi connectivity index (χ2v) is 12.5. The molecule has 0 saturated carbocycles. The summed E-state index contributed by atoms with van der Waals surface area (Å²) in [6, 6.07) is 51.2. The molecule has 0 amide bonds. The average molecular weight is 606 g/mol. The Labute approximate surface area is 274 Å². The number of hydrogen-bond donors (Lipinski definition) is 0. The van der Waals surface area contributed by atoms with E-state index in [0.717, 1.165) is 61.2 Å². The molecule has 1 aromatic heterocycles. The average Bonchev–Trinajstić information content (AvgIpc) is 3.14. The summed E-state index contributed by atoms with van der Waals surface area (Å²) in [6.07, 6.45) is 0. The molecule has 0 saturated heterocycles. The van der Waals surface area contributed by atoms with Crippen molar-refractivity contribution in [1.29, 1.82) is 0 Å². The van der Waals surface area contributed by atoms with Crippen LogP contribution < -0.4 is 0 Å². The van der Waals surface area contributed by atoms with E-state index in [-0.39, 0.29) is 11.2 Å². The van der Waals surface area contributed by atoms with Crippen LogP contribution in [0.15, 0.2) is 152 Å². The molecule has 1 aliphatic carbocycles. The predicted octanol–water partition coefficient (Wildman–Crippen LogP) is 10.1. The smallest absolute Gasteiger partial charge is 0.193 e. The fourth-order valence-corrected chi connectivity index (χ4v) is 6.56. The Balaban J connectivity index is 1.09. The maximum atomic E-state index is 13.3. The quantitative estimate of drug-likeness (QED) is 0.196. The highest BCUT2D eigenvalue weighted by atomic mass is 16.1. The zero-order valence-corrected chi connectivity index (χ0v) is 26.2. The highest BCUT2D eigenvalue weighted by Crippen LogP contribution is 2.42. The first-order chi connectivity index (χ1) is 23.0. The minimum absolute atomic E-state index is 0.102. The molecule has 1 heterocycles. The zero-order valence-electron chi connectivity index (χ0n) is 26.2. The van der Waals surface area contributed by atoms with E-state index in [1.54, 1.807) is 0 Å². The summed E-state index contributed by atoms with van der Waals surface area (Å²) in [4.78, 5) is 27.8. The van der Waals surface area contributed by atoms with E-state index in [2.05, 4.69) is 80.6 Å². The van der Waals surface area contributed by atoms with Crippen LogP contribution >= 0.6 is 0 Å². The molecule has 4 heteroatoms. The molecule has 1 aliphatic rings. The molecule has 4 nitrogen and oxygen atoms in total. The van der Waals surface area contributed by atoms with Gasteiger partial charge in [0.1, 0.15) is 0 Å². The van der Waals surface area contributed by atoms with Gasteiger partial charge in [0.2, 0.25) is 0 Å². The van der Waals surface area contributed by atoms with Gasteiger partial charge in [-0.3, -0.25) is 4.79 Å². The van der Waals surface area contributed by atoms with Crippen molar-refractivity contribution in [3.8, 4) is 56.4 Å². The second kappa shape index (κ2) is 11.4. The number of ketones is 1. The van der Waals surface area contributed by atoms with Gasteiger partial charge < -0.3 is 0 Å². The van der Waals surface area contributed by atoms with Crippen LogP contribution in [0.5, 0.6) is 0 Å². The number of hydrogen-bond acceptors (Lipinski definition) is 4. The van der Waals surface area contributed by atoms with Crippen molar-refractivity contribution in [2.24, 2.45) is 0 Å². The molecule has 7 aromatic rings. The zero-order chi connectivity index (χ0) is 32.0. The third kappa shape index (κ3) is 5.14. The fraction of sp³-hybridized carbons (Fsp3) is 0.0698. The van der Waals surface area contributed by atoms with Gasteiger partial charge in [0.25, 0.3) is 0 Å². The number of rotatable bonds is 5. The number of benzene rings is 6. The van der Waals surface area contributed by atoms with E-state index in [9.17, 15) is 4.79 Å². The Kier molecular flexibility index (Phi) is 6.92. The van der Waals surface area contributed by atoms with Crippen LogP contribution in [0.25, 0.3) is 56.4 Å². The lowest BCUT2D eigenvalue weighted by Crippen LogP contribution is -2.30. The molecule has 8 rings (SSSR count). The molecule has 0 N–H and O–H groups in total. The van der Waals surface area contributed by atoms with Crippen LogP contribution in [-0.2, 0) is 5.41 Å². The highest BCUT2D eigenvalue weighted by molar-refractivity contribution is 6.13. The van der Waals surface area contributed by atoms with Crippen molar-refractivity contribution in [3.05, 3.63) is 174 Å². The number of carbonyl (C=O) groups is 1. The standard InChI is InChI=1S/C43H31N3O/c1-43(2)37-16-10-9-15-35(37)39(47)36-26-25-34(27-38(36)43)30-19-17-28(18-20-30)29-21-23-33(24-22-29)42-45-40(31-11-5-3-6-12-31)44-41(46-42)32-13-7-4-8-14-32/h3-27H,1-2H3. The molecule has 47 heavy (non-hydrogen) atoms. The first-order valence-corrected chi connectivity index (χ1v) is 15.8. The Morgan fingerprint density at radius 3 is 1.30 bits per heavy atom. The maximum absolute atomic E-state index is 13.3. The summed E-state index contributed by atoms with van der Waals surface area (Å²) in [5.74, 6) is 2.03. The molecular weight excluding hydrogens is 574 g/mol. The van der Waals surface area contributed by atoms with Gasteiger partial charge in [0, 0.05) is 33.2 Å². The molecule has 0 aliphatic heterocycles.